The van der Waals surface area contributed by atoms with Crippen molar-refractivity contribution in [1.29, 1.82) is 0 Å². The molecule has 2 aromatic carbocycles. The van der Waals surface area contributed by atoms with Crippen molar-refractivity contribution in [1.82, 2.24) is 0 Å². The van der Waals surface area contributed by atoms with Crippen molar-refractivity contribution in [3.8, 4) is 5.75 Å². The molecule has 2 N–H and O–H groups in total. The minimum absolute atomic E-state index is 0.219. The number of ether oxygens (including phenoxy) is 1. The molecule has 1 heterocycles. The van der Waals surface area contributed by atoms with Crippen LogP contribution in [0, 0.1) is 6.92 Å². The first-order valence-corrected chi connectivity index (χ1v) is 7.76. The van der Waals surface area contributed by atoms with Crippen LogP contribution >= 0.6 is 0 Å². The van der Waals surface area contributed by atoms with E-state index in [0.29, 0.717) is 0 Å². The smallest absolute Gasteiger partial charge is 0.122 e. The van der Waals surface area contributed by atoms with E-state index in [4.69, 9.17) is 10.5 Å². The molecule has 0 amide bonds. The molecule has 2 heteroatoms. The standard InChI is InChI=1S/C19H23NO/c1-14-3-2-4-16(11-14)13-18(20)7-5-15-6-8-19-17(12-15)9-10-21-19/h2-4,6,8,11-12,18H,5,7,9-10,13,20H2,1H3. The summed E-state index contributed by atoms with van der Waals surface area (Å²) in [6.45, 7) is 2.95. The van der Waals surface area contributed by atoms with E-state index in [0.717, 1.165) is 38.0 Å². The maximum Gasteiger partial charge on any atom is 0.122 e. The Labute approximate surface area is 126 Å². The first kappa shape index (κ1) is 14.2. The largest absolute Gasteiger partial charge is 0.493 e. The van der Waals surface area contributed by atoms with Gasteiger partial charge in [0.1, 0.15) is 5.75 Å². The van der Waals surface area contributed by atoms with Gasteiger partial charge in [0, 0.05) is 12.5 Å². The molecule has 1 aliphatic heterocycles. The van der Waals surface area contributed by atoms with Gasteiger partial charge in [-0.2, -0.15) is 0 Å². The van der Waals surface area contributed by atoms with Gasteiger partial charge >= 0.3 is 0 Å². The van der Waals surface area contributed by atoms with Crippen LogP contribution in [0.25, 0.3) is 0 Å². The normalized spacial score (nSPS) is 14.6. The van der Waals surface area contributed by atoms with Crippen LogP contribution < -0.4 is 10.5 Å². The van der Waals surface area contributed by atoms with Crippen LogP contribution in [0.2, 0.25) is 0 Å². The van der Waals surface area contributed by atoms with Crippen LogP contribution in [0.5, 0.6) is 5.75 Å². The fraction of sp³-hybridized carbons (Fsp3) is 0.368. The summed E-state index contributed by atoms with van der Waals surface area (Å²) in [6.07, 6.45) is 4.06. The summed E-state index contributed by atoms with van der Waals surface area (Å²) in [5, 5.41) is 0. The zero-order valence-corrected chi connectivity index (χ0v) is 12.6. The lowest BCUT2D eigenvalue weighted by molar-refractivity contribution is 0.357. The summed E-state index contributed by atoms with van der Waals surface area (Å²) in [6, 6.07) is 15.4. The Bertz CT molecular complexity index is 621. The second-order valence-corrected chi connectivity index (χ2v) is 6.03. The fourth-order valence-electron chi connectivity index (χ4n) is 2.99. The lowest BCUT2D eigenvalue weighted by Gasteiger charge is -2.12. The maximum absolute atomic E-state index is 6.29. The number of hydrogen-bond donors (Lipinski definition) is 1. The maximum atomic E-state index is 6.29. The van der Waals surface area contributed by atoms with Crippen LogP contribution in [-0.2, 0) is 19.3 Å². The predicted molar refractivity (Wildman–Crippen MR) is 86.8 cm³/mol. The predicted octanol–water partition coefficient (Wildman–Crippen LogP) is 3.43. The van der Waals surface area contributed by atoms with Gasteiger partial charge in [0.2, 0.25) is 0 Å². The summed E-state index contributed by atoms with van der Waals surface area (Å²) < 4.78 is 5.54. The molecule has 1 aliphatic rings. The third kappa shape index (κ3) is 3.64. The highest BCUT2D eigenvalue weighted by Crippen LogP contribution is 2.26. The quantitative estimate of drug-likeness (QED) is 0.911. The Kier molecular flexibility index (Phi) is 4.26. The highest BCUT2D eigenvalue weighted by Gasteiger charge is 2.12. The SMILES string of the molecule is Cc1cccc(CC(N)CCc2ccc3c(c2)CCO3)c1. The van der Waals surface area contributed by atoms with Gasteiger partial charge in [0.05, 0.1) is 6.61 Å². The van der Waals surface area contributed by atoms with E-state index in [-0.39, 0.29) is 6.04 Å². The average molecular weight is 281 g/mol. The number of benzene rings is 2. The third-order valence-electron chi connectivity index (χ3n) is 4.14. The zero-order valence-electron chi connectivity index (χ0n) is 12.6. The molecule has 3 rings (SSSR count). The number of hydrogen-bond acceptors (Lipinski definition) is 2. The first-order valence-electron chi connectivity index (χ1n) is 7.76. The molecule has 0 radical (unpaired) electrons. The van der Waals surface area contributed by atoms with Gasteiger partial charge in [-0.3, -0.25) is 0 Å². The van der Waals surface area contributed by atoms with E-state index in [1.807, 2.05) is 0 Å². The summed E-state index contributed by atoms with van der Waals surface area (Å²) >= 11 is 0. The van der Waals surface area contributed by atoms with Crippen LogP contribution in [-0.4, -0.2) is 12.6 Å². The van der Waals surface area contributed by atoms with Crippen LogP contribution in [0.4, 0.5) is 0 Å². The summed E-state index contributed by atoms with van der Waals surface area (Å²) in [5.41, 5.74) is 11.7. The molecular weight excluding hydrogens is 258 g/mol. The Morgan fingerprint density at radius 1 is 1.14 bits per heavy atom. The third-order valence-corrected chi connectivity index (χ3v) is 4.14. The average Bonchev–Trinajstić information content (AvgIpc) is 2.92. The molecule has 0 fully saturated rings. The molecule has 0 aliphatic carbocycles. The van der Waals surface area contributed by atoms with Crippen molar-refractivity contribution in [3.05, 3.63) is 64.7 Å². The Morgan fingerprint density at radius 3 is 2.90 bits per heavy atom. The molecular formula is C19H23NO. The molecule has 0 saturated carbocycles. The van der Waals surface area contributed by atoms with E-state index >= 15 is 0 Å². The summed E-state index contributed by atoms with van der Waals surface area (Å²) in [5.74, 6) is 1.06. The molecule has 1 atom stereocenters. The Hall–Kier alpha value is -1.80. The molecule has 2 aromatic rings. The first-order chi connectivity index (χ1) is 10.2. The van der Waals surface area contributed by atoms with E-state index < -0.39 is 0 Å². The van der Waals surface area contributed by atoms with Crippen molar-refractivity contribution in [2.24, 2.45) is 5.73 Å². The van der Waals surface area contributed by atoms with E-state index in [9.17, 15) is 0 Å². The highest BCUT2D eigenvalue weighted by molar-refractivity contribution is 5.39. The highest BCUT2D eigenvalue weighted by atomic mass is 16.5. The Balaban J connectivity index is 1.55. The molecule has 1 unspecified atom stereocenters. The molecule has 0 bridgehead atoms. The molecule has 21 heavy (non-hydrogen) atoms. The van der Waals surface area contributed by atoms with Crippen molar-refractivity contribution in [2.75, 3.05) is 6.61 Å². The van der Waals surface area contributed by atoms with Gasteiger partial charge in [-0.05, 0) is 48.9 Å². The monoisotopic (exact) mass is 281 g/mol. The minimum Gasteiger partial charge on any atom is -0.493 e. The van der Waals surface area contributed by atoms with Gasteiger partial charge in [-0.25, -0.2) is 0 Å². The molecule has 0 aromatic heterocycles. The van der Waals surface area contributed by atoms with Crippen molar-refractivity contribution >= 4 is 0 Å². The van der Waals surface area contributed by atoms with E-state index in [1.54, 1.807) is 0 Å². The van der Waals surface area contributed by atoms with Crippen molar-refractivity contribution in [3.63, 3.8) is 0 Å². The molecule has 110 valence electrons. The van der Waals surface area contributed by atoms with Crippen LogP contribution in [0.3, 0.4) is 0 Å². The topological polar surface area (TPSA) is 35.2 Å². The van der Waals surface area contributed by atoms with Crippen molar-refractivity contribution < 1.29 is 4.74 Å². The van der Waals surface area contributed by atoms with E-state index in [2.05, 4.69) is 49.4 Å². The molecule has 0 spiro atoms. The van der Waals surface area contributed by atoms with Gasteiger partial charge in [0.15, 0.2) is 0 Å². The number of aryl methyl sites for hydroxylation is 2. The van der Waals surface area contributed by atoms with Gasteiger partial charge < -0.3 is 10.5 Å². The van der Waals surface area contributed by atoms with Crippen LogP contribution in [0.1, 0.15) is 28.7 Å². The second kappa shape index (κ2) is 6.31. The van der Waals surface area contributed by atoms with Crippen molar-refractivity contribution in [2.45, 2.75) is 38.6 Å². The number of fused-ring (bicyclic) bond motifs is 1. The van der Waals surface area contributed by atoms with E-state index in [1.165, 1.54) is 22.3 Å². The van der Waals surface area contributed by atoms with Gasteiger partial charge in [-0.15, -0.1) is 0 Å². The fourth-order valence-corrected chi connectivity index (χ4v) is 2.99. The summed E-state index contributed by atoms with van der Waals surface area (Å²) in [7, 11) is 0. The lowest BCUT2D eigenvalue weighted by Crippen LogP contribution is -2.23. The van der Waals surface area contributed by atoms with Crippen LogP contribution in [0.15, 0.2) is 42.5 Å². The second-order valence-electron chi connectivity index (χ2n) is 6.03. The van der Waals surface area contributed by atoms with Gasteiger partial charge in [0.25, 0.3) is 0 Å². The lowest BCUT2D eigenvalue weighted by atomic mass is 9.98. The molecule has 2 nitrogen and oxygen atoms in total. The number of nitrogens with two attached hydrogens (primary N) is 1. The molecule has 0 saturated heterocycles. The number of rotatable bonds is 5. The zero-order chi connectivity index (χ0) is 14.7. The summed E-state index contributed by atoms with van der Waals surface area (Å²) in [4.78, 5) is 0. The minimum atomic E-state index is 0.219. The Morgan fingerprint density at radius 2 is 2.05 bits per heavy atom. The van der Waals surface area contributed by atoms with Gasteiger partial charge in [-0.1, -0.05) is 42.0 Å².